The summed E-state index contributed by atoms with van der Waals surface area (Å²) in [5.41, 5.74) is 0.946. The molecule has 0 spiro atoms. The highest BCUT2D eigenvalue weighted by atomic mass is 79.9. The number of sulfone groups is 1. The van der Waals surface area contributed by atoms with Crippen LogP contribution in [0.5, 0.6) is 11.5 Å². The fourth-order valence-corrected chi connectivity index (χ4v) is 2.72. The fourth-order valence-electron chi connectivity index (χ4n) is 1.73. The number of hydrogen-bond donors (Lipinski definition) is 0. The van der Waals surface area contributed by atoms with Crippen LogP contribution >= 0.6 is 15.9 Å². The Hall–Kier alpha value is -1.53. The van der Waals surface area contributed by atoms with E-state index in [0.29, 0.717) is 12.4 Å². The highest BCUT2D eigenvalue weighted by Crippen LogP contribution is 2.24. The lowest BCUT2D eigenvalue weighted by Gasteiger charge is -2.10. The summed E-state index contributed by atoms with van der Waals surface area (Å²) >= 11 is 3.46. The van der Waals surface area contributed by atoms with Crippen molar-refractivity contribution in [2.75, 3.05) is 13.4 Å². The molecule has 2 rings (SSSR count). The van der Waals surface area contributed by atoms with Crippen molar-refractivity contribution in [2.24, 2.45) is 0 Å². The van der Waals surface area contributed by atoms with Gasteiger partial charge < -0.3 is 9.47 Å². The third-order valence-electron chi connectivity index (χ3n) is 2.90. The summed E-state index contributed by atoms with van der Waals surface area (Å²) in [6.07, 6.45) is 1.18. The Labute approximate surface area is 132 Å². The maximum Gasteiger partial charge on any atom is 0.175 e. The van der Waals surface area contributed by atoms with Crippen LogP contribution in [-0.2, 0) is 16.4 Å². The van der Waals surface area contributed by atoms with Gasteiger partial charge in [0.2, 0.25) is 0 Å². The van der Waals surface area contributed by atoms with Crippen molar-refractivity contribution >= 4 is 25.8 Å². The van der Waals surface area contributed by atoms with E-state index >= 15 is 0 Å². The van der Waals surface area contributed by atoms with Gasteiger partial charge in [-0.3, -0.25) is 0 Å². The summed E-state index contributed by atoms with van der Waals surface area (Å²) < 4.78 is 34.5. The summed E-state index contributed by atoms with van der Waals surface area (Å²) in [7, 11) is -1.57. The zero-order chi connectivity index (χ0) is 15.5. The molecule has 0 heterocycles. The van der Waals surface area contributed by atoms with Gasteiger partial charge in [0.1, 0.15) is 18.1 Å². The largest absolute Gasteiger partial charge is 0.497 e. The molecule has 0 N–H and O–H groups in total. The van der Waals surface area contributed by atoms with Crippen LogP contribution in [0.2, 0.25) is 0 Å². The maximum atomic E-state index is 11.4. The van der Waals surface area contributed by atoms with Crippen molar-refractivity contribution in [3.8, 4) is 11.5 Å². The van der Waals surface area contributed by atoms with Gasteiger partial charge in [-0.1, -0.05) is 15.9 Å². The highest BCUT2D eigenvalue weighted by molar-refractivity contribution is 9.10. The van der Waals surface area contributed by atoms with Crippen LogP contribution < -0.4 is 9.47 Å². The minimum atomic E-state index is -3.18. The van der Waals surface area contributed by atoms with Gasteiger partial charge in [0.25, 0.3) is 0 Å². The summed E-state index contributed by atoms with van der Waals surface area (Å²) in [6, 6.07) is 12.0. The molecule has 0 fully saturated rings. The monoisotopic (exact) mass is 370 g/mol. The van der Waals surface area contributed by atoms with E-state index in [0.717, 1.165) is 15.8 Å². The quantitative estimate of drug-likeness (QED) is 0.808. The minimum Gasteiger partial charge on any atom is -0.497 e. The standard InChI is InChI=1S/C15H15BrO4S/c1-19-13-5-8-15(16)11(9-13)10-20-12-3-6-14(7-4-12)21(2,17)18/h3-9H,10H2,1-2H3. The smallest absolute Gasteiger partial charge is 0.175 e. The van der Waals surface area contributed by atoms with Crippen LogP contribution in [-0.4, -0.2) is 21.8 Å². The SMILES string of the molecule is COc1ccc(Br)c(COc2ccc(S(C)(=O)=O)cc2)c1. The Morgan fingerprint density at radius 3 is 2.24 bits per heavy atom. The molecule has 0 saturated heterocycles. The lowest BCUT2D eigenvalue weighted by Crippen LogP contribution is -1.99. The van der Waals surface area contributed by atoms with Gasteiger partial charge >= 0.3 is 0 Å². The van der Waals surface area contributed by atoms with E-state index in [-0.39, 0.29) is 4.90 Å². The molecule has 21 heavy (non-hydrogen) atoms. The van der Waals surface area contributed by atoms with Crippen LogP contribution in [0.1, 0.15) is 5.56 Å². The second-order valence-corrected chi connectivity index (χ2v) is 7.36. The Kier molecular flexibility index (Phi) is 4.90. The molecule has 112 valence electrons. The molecule has 4 nitrogen and oxygen atoms in total. The molecule has 2 aromatic carbocycles. The first kappa shape index (κ1) is 15.9. The van der Waals surface area contributed by atoms with E-state index in [1.807, 2.05) is 18.2 Å². The normalized spacial score (nSPS) is 11.2. The number of ether oxygens (including phenoxy) is 2. The average molecular weight is 371 g/mol. The molecular formula is C15H15BrO4S. The minimum absolute atomic E-state index is 0.275. The predicted octanol–water partition coefficient (Wildman–Crippen LogP) is 3.44. The van der Waals surface area contributed by atoms with Gasteiger partial charge in [-0.2, -0.15) is 0 Å². The Morgan fingerprint density at radius 2 is 1.67 bits per heavy atom. The van der Waals surface area contributed by atoms with Gasteiger partial charge in [-0.05, 0) is 42.5 Å². The predicted molar refractivity (Wildman–Crippen MR) is 84.6 cm³/mol. The van der Waals surface area contributed by atoms with E-state index in [4.69, 9.17) is 9.47 Å². The number of benzene rings is 2. The Balaban J connectivity index is 2.10. The van der Waals surface area contributed by atoms with Gasteiger partial charge in [-0.25, -0.2) is 8.42 Å². The summed E-state index contributed by atoms with van der Waals surface area (Å²) in [5.74, 6) is 1.36. The zero-order valence-corrected chi connectivity index (χ0v) is 14.1. The molecule has 0 radical (unpaired) electrons. The highest BCUT2D eigenvalue weighted by Gasteiger charge is 2.07. The summed E-state index contributed by atoms with van der Waals surface area (Å²) in [4.78, 5) is 0.275. The molecule has 0 atom stereocenters. The fraction of sp³-hybridized carbons (Fsp3) is 0.200. The van der Waals surface area contributed by atoms with Crippen LogP contribution in [0.15, 0.2) is 51.8 Å². The van der Waals surface area contributed by atoms with Crippen molar-refractivity contribution in [3.63, 3.8) is 0 Å². The zero-order valence-electron chi connectivity index (χ0n) is 11.7. The molecule has 0 saturated carbocycles. The summed E-state index contributed by atoms with van der Waals surface area (Å²) in [5, 5.41) is 0. The topological polar surface area (TPSA) is 52.6 Å². The van der Waals surface area contributed by atoms with Crippen LogP contribution in [0.4, 0.5) is 0 Å². The Morgan fingerprint density at radius 1 is 1.05 bits per heavy atom. The van der Waals surface area contributed by atoms with Crippen LogP contribution in [0.3, 0.4) is 0 Å². The van der Waals surface area contributed by atoms with E-state index in [2.05, 4.69) is 15.9 Å². The number of hydrogen-bond acceptors (Lipinski definition) is 4. The molecule has 0 amide bonds. The maximum absolute atomic E-state index is 11.4. The number of rotatable bonds is 5. The lowest BCUT2D eigenvalue weighted by molar-refractivity contribution is 0.304. The van der Waals surface area contributed by atoms with Crippen molar-refractivity contribution in [1.29, 1.82) is 0 Å². The number of halogens is 1. The second-order valence-electron chi connectivity index (χ2n) is 4.49. The molecule has 0 aromatic heterocycles. The third kappa shape index (κ3) is 4.22. The van der Waals surface area contributed by atoms with Crippen molar-refractivity contribution in [2.45, 2.75) is 11.5 Å². The van der Waals surface area contributed by atoms with Crippen molar-refractivity contribution in [1.82, 2.24) is 0 Å². The molecular weight excluding hydrogens is 356 g/mol. The Bertz CT molecular complexity index is 724. The lowest BCUT2D eigenvalue weighted by atomic mass is 10.2. The third-order valence-corrected chi connectivity index (χ3v) is 4.80. The average Bonchev–Trinajstić information content (AvgIpc) is 2.46. The van der Waals surface area contributed by atoms with Gasteiger partial charge in [-0.15, -0.1) is 0 Å². The number of methoxy groups -OCH3 is 1. The molecule has 6 heteroatoms. The molecule has 2 aromatic rings. The molecule has 0 unspecified atom stereocenters. The van der Waals surface area contributed by atoms with E-state index in [1.165, 1.54) is 18.4 Å². The first-order valence-electron chi connectivity index (χ1n) is 6.15. The van der Waals surface area contributed by atoms with Crippen molar-refractivity contribution < 1.29 is 17.9 Å². The molecule has 0 aliphatic heterocycles. The second kappa shape index (κ2) is 6.49. The van der Waals surface area contributed by atoms with E-state index in [1.54, 1.807) is 19.2 Å². The van der Waals surface area contributed by atoms with E-state index < -0.39 is 9.84 Å². The van der Waals surface area contributed by atoms with Crippen LogP contribution in [0, 0.1) is 0 Å². The van der Waals surface area contributed by atoms with Gasteiger partial charge in [0.15, 0.2) is 9.84 Å². The van der Waals surface area contributed by atoms with Crippen LogP contribution in [0.25, 0.3) is 0 Å². The molecule has 0 aliphatic carbocycles. The van der Waals surface area contributed by atoms with Gasteiger partial charge in [0.05, 0.1) is 12.0 Å². The van der Waals surface area contributed by atoms with Crippen molar-refractivity contribution in [3.05, 3.63) is 52.5 Å². The van der Waals surface area contributed by atoms with E-state index in [9.17, 15) is 8.42 Å². The summed E-state index contributed by atoms with van der Waals surface area (Å²) in [6.45, 7) is 0.357. The first-order valence-corrected chi connectivity index (χ1v) is 8.84. The molecule has 0 aliphatic rings. The first-order chi connectivity index (χ1) is 9.90. The van der Waals surface area contributed by atoms with Gasteiger partial charge in [0, 0.05) is 16.3 Å². The molecule has 0 bridgehead atoms.